The highest BCUT2D eigenvalue weighted by Gasteiger charge is 2.30. The van der Waals surface area contributed by atoms with Crippen LogP contribution >= 0.6 is 0 Å². The number of amides is 2. The van der Waals surface area contributed by atoms with Crippen LogP contribution in [0.3, 0.4) is 0 Å². The Bertz CT molecular complexity index is 1170. The Kier molecular flexibility index (Phi) is 5.39. The standard InChI is InChI=1S/C20H14F3N5O3/c21-20(22,23)16-2-1-3-17(8-16)25-19(29)26-18-11-28(27-31-18)10-13-4-6-14(7-5-13)15-9-24-30-12-15/h1-9,11-12H,10H2,(H-,25,26,27,29)/p+1. The number of carbonyl (C=O) groups is 1. The maximum absolute atomic E-state index is 12.8. The molecule has 2 aromatic heterocycles. The number of hydrogen-bond donors (Lipinski definition) is 2. The minimum Gasteiger partial charge on any atom is -0.364 e. The highest BCUT2D eigenvalue weighted by atomic mass is 19.4. The molecule has 0 bridgehead atoms. The number of alkyl halides is 3. The normalized spacial score (nSPS) is 11.3. The summed E-state index contributed by atoms with van der Waals surface area (Å²) in [5, 5.41) is 12.2. The van der Waals surface area contributed by atoms with Gasteiger partial charge in [0.1, 0.15) is 6.26 Å². The smallest absolute Gasteiger partial charge is 0.364 e. The summed E-state index contributed by atoms with van der Waals surface area (Å²) in [5.74, 6) is 0.0329. The van der Waals surface area contributed by atoms with Gasteiger partial charge in [-0.1, -0.05) is 35.5 Å². The number of halogens is 3. The third-order valence-electron chi connectivity index (χ3n) is 4.26. The zero-order chi connectivity index (χ0) is 21.8. The van der Waals surface area contributed by atoms with Crippen LogP contribution in [0.5, 0.6) is 0 Å². The van der Waals surface area contributed by atoms with Gasteiger partial charge in [0.25, 0.3) is 6.20 Å². The van der Waals surface area contributed by atoms with Crippen molar-refractivity contribution in [2.75, 3.05) is 10.6 Å². The van der Waals surface area contributed by atoms with E-state index < -0.39 is 17.8 Å². The third-order valence-corrected chi connectivity index (χ3v) is 4.26. The molecule has 0 aliphatic heterocycles. The van der Waals surface area contributed by atoms with E-state index in [4.69, 9.17) is 9.05 Å². The number of urea groups is 1. The number of carbonyl (C=O) groups excluding carboxylic acids is 1. The fourth-order valence-electron chi connectivity index (χ4n) is 2.79. The van der Waals surface area contributed by atoms with Crippen molar-refractivity contribution in [3.8, 4) is 11.1 Å². The molecule has 2 amide bonds. The largest absolute Gasteiger partial charge is 0.416 e. The predicted molar refractivity (Wildman–Crippen MR) is 102 cm³/mol. The van der Waals surface area contributed by atoms with Gasteiger partial charge in [-0.15, -0.1) is 0 Å². The zero-order valence-corrected chi connectivity index (χ0v) is 15.8. The Balaban J connectivity index is 1.35. The van der Waals surface area contributed by atoms with Crippen molar-refractivity contribution in [2.45, 2.75) is 12.7 Å². The van der Waals surface area contributed by atoms with Crippen LogP contribution in [0.1, 0.15) is 11.1 Å². The predicted octanol–water partition coefficient (Wildman–Crippen LogP) is 4.33. The van der Waals surface area contributed by atoms with Crippen LogP contribution in [0.25, 0.3) is 11.1 Å². The number of rotatable bonds is 5. The molecule has 31 heavy (non-hydrogen) atoms. The molecule has 0 unspecified atom stereocenters. The lowest BCUT2D eigenvalue weighted by molar-refractivity contribution is -0.754. The number of nitrogens with zero attached hydrogens (tertiary/aromatic N) is 3. The van der Waals surface area contributed by atoms with Crippen molar-refractivity contribution in [3.63, 3.8) is 0 Å². The average molecular weight is 430 g/mol. The fourth-order valence-corrected chi connectivity index (χ4v) is 2.79. The summed E-state index contributed by atoms with van der Waals surface area (Å²) < 4.78 is 49.6. The first-order chi connectivity index (χ1) is 14.9. The van der Waals surface area contributed by atoms with E-state index in [2.05, 4.69) is 21.1 Å². The molecule has 0 saturated heterocycles. The van der Waals surface area contributed by atoms with Gasteiger partial charge in [0.15, 0.2) is 0 Å². The first kappa shape index (κ1) is 20.1. The second kappa shape index (κ2) is 8.30. The molecule has 0 atom stereocenters. The Labute approximate surface area is 173 Å². The van der Waals surface area contributed by atoms with Gasteiger partial charge in [-0.25, -0.2) is 4.79 Å². The minimum absolute atomic E-state index is 0.00683. The van der Waals surface area contributed by atoms with Gasteiger partial charge in [-0.2, -0.15) is 13.2 Å². The molecule has 2 heterocycles. The van der Waals surface area contributed by atoms with Crippen LogP contribution in [-0.4, -0.2) is 16.5 Å². The van der Waals surface area contributed by atoms with E-state index in [-0.39, 0.29) is 11.6 Å². The summed E-state index contributed by atoms with van der Waals surface area (Å²) in [6, 6.07) is 11.2. The van der Waals surface area contributed by atoms with E-state index in [1.165, 1.54) is 23.0 Å². The molecule has 0 fully saturated rings. The van der Waals surface area contributed by atoms with Crippen LogP contribution in [0.4, 0.5) is 29.5 Å². The molecule has 0 spiro atoms. The lowest BCUT2D eigenvalue weighted by Crippen LogP contribution is -2.35. The van der Waals surface area contributed by atoms with Crippen LogP contribution in [0, 0.1) is 0 Å². The van der Waals surface area contributed by atoms with Crippen molar-refractivity contribution < 1.29 is 31.7 Å². The molecular formula is C20H15F3N5O3+. The second-order valence-corrected chi connectivity index (χ2v) is 6.53. The minimum atomic E-state index is -4.50. The number of hydrogen-bond acceptors (Lipinski definition) is 5. The number of aromatic nitrogens is 3. The van der Waals surface area contributed by atoms with E-state index in [1.54, 1.807) is 12.5 Å². The van der Waals surface area contributed by atoms with Crippen LogP contribution in [0.15, 0.2) is 76.2 Å². The van der Waals surface area contributed by atoms with Crippen molar-refractivity contribution in [2.24, 2.45) is 0 Å². The van der Waals surface area contributed by atoms with Gasteiger partial charge in [0.2, 0.25) is 11.8 Å². The molecule has 0 saturated carbocycles. The van der Waals surface area contributed by atoms with Crippen molar-refractivity contribution in [1.29, 1.82) is 0 Å². The highest BCUT2D eigenvalue weighted by Crippen LogP contribution is 2.30. The maximum atomic E-state index is 12.8. The van der Waals surface area contributed by atoms with Crippen molar-refractivity contribution in [1.82, 2.24) is 10.4 Å². The third kappa shape index (κ3) is 5.07. The SMILES string of the molecule is O=C(Nc1cccc(C(F)(F)F)c1)Nc1c[n+](Cc2ccc(-c3cnoc3)cc2)no1. The van der Waals surface area contributed by atoms with Crippen molar-refractivity contribution >= 4 is 17.6 Å². The van der Waals surface area contributed by atoms with Crippen LogP contribution in [-0.2, 0) is 12.7 Å². The zero-order valence-electron chi connectivity index (χ0n) is 15.8. The van der Waals surface area contributed by atoms with Gasteiger partial charge in [-0.3, -0.25) is 9.84 Å². The Morgan fingerprint density at radius 3 is 2.58 bits per heavy atom. The second-order valence-electron chi connectivity index (χ2n) is 6.53. The summed E-state index contributed by atoms with van der Waals surface area (Å²) in [5.41, 5.74) is 1.87. The van der Waals surface area contributed by atoms with Gasteiger partial charge in [0.05, 0.1) is 11.8 Å². The number of anilines is 2. The summed E-state index contributed by atoms with van der Waals surface area (Å²) >= 11 is 0. The van der Waals surface area contributed by atoms with Crippen LogP contribution in [0.2, 0.25) is 0 Å². The Morgan fingerprint density at radius 2 is 1.87 bits per heavy atom. The molecule has 2 N–H and O–H groups in total. The molecule has 11 heteroatoms. The average Bonchev–Trinajstić information content (AvgIpc) is 3.41. The van der Waals surface area contributed by atoms with Gasteiger partial charge < -0.3 is 9.84 Å². The molecular weight excluding hydrogens is 415 g/mol. The maximum Gasteiger partial charge on any atom is 0.416 e. The topological polar surface area (TPSA) is 97.1 Å². The monoisotopic (exact) mass is 430 g/mol. The summed E-state index contributed by atoms with van der Waals surface area (Å²) in [4.78, 5) is 12.0. The van der Waals surface area contributed by atoms with E-state index in [0.29, 0.717) is 6.54 Å². The molecule has 0 aliphatic carbocycles. The quantitative estimate of drug-likeness (QED) is 0.460. The van der Waals surface area contributed by atoms with E-state index in [1.807, 2.05) is 24.3 Å². The molecule has 8 nitrogen and oxygen atoms in total. The summed E-state index contributed by atoms with van der Waals surface area (Å²) in [6.07, 6.45) is 0.116. The van der Waals surface area contributed by atoms with Crippen molar-refractivity contribution in [3.05, 3.63) is 78.3 Å². The Hall–Kier alpha value is -4.15. The van der Waals surface area contributed by atoms with Gasteiger partial charge >= 0.3 is 18.1 Å². The van der Waals surface area contributed by atoms with Crippen LogP contribution < -0.4 is 15.3 Å². The van der Waals surface area contributed by atoms with Gasteiger partial charge in [-0.05, 0) is 28.4 Å². The fraction of sp³-hybridized carbons (Fsp3) is 0.100. The lowest BCUT2D eigenvalue weighted by atomic mass is 10.1. The molecule has 0 aliphatic rings. The molecule has 2 aromatic carbocycles. The molecule has 158 valence electrons. The first-order valence-electron chi connectivity index (χ1n) is 8.97. The molecule has 0 radical (unpaired) electrons. The summed E-state index contributed by atoms with van der Waals surface area (Å²) in [6.45, 7) is 0.379. The lowest BCUT2D eigenvalue weighted by Gasteiger charge is -2.09. The number of benzene rings is 2. The van der Waals surface area contributed by atoms with E-state index in [0.717, 1.165) is 28.8 Å². The van der Waals surface area contributed by atoms with E-state index in [9.17, 15) is 18.0 Å². The molecule has 4 aromatic rings. The molecule has 4 rings (SSSR count). The highest BCUT2D eigenvalue weighted by molar-refractivity contribution is 5.98. The number of nitrogens with one attached hydrogen (secondary N) is 2. The summed E-state index contributed by atoms with van der Waals surface area (Å²) in [7, 11) is 0. The van der Waals surface area contributed by atoms with Gasteiger partial charge in [0, 0.05) is 16.8 Å². The first-order valence-corrected chi connectivity index (χ1v) is 8.97. The Morgan fingerprint density at radius 1 is 1.06 bits per heavy atom. The van der Waals surface area contributed by atoms with E-state index >= 15 is 0 Å².